The van der Waals surface area contributed by atoms with Crippen molar-refractivity contribution in [3.8, 4) is 0 Å². The summed E-state index contributed by atoms with van der Waals surface area (Å²) in [5, 5.41) is 15.9. The zero-order chi connectivity index (χ0) is 21.7. The summed E-state index contributed by atoms with van der Waals surface area (Å²) >= 11 is 1.27. The van der Waals surface area contributed by atoms with Gasteiger partial charge in [-0.25, -0.2) is 9.78 Å². The fraction of sp³-hybridized carbons (Fsp3) is 0.150. The van der Waals surface area contributed by atoms with Crippen LogP contribution in [-0.2, 0) is 22.6 Å². The number of thiazole rings is 1. The standard InChI is InChI=1S/C20H18N4O5S/c1-12-2-4-13(5-3-12)22-18(25)9-19-23-14(11-30-19)10-29-20(26)16-8-15(24(27)28)6-7-17(16)21/h2-8,11H,9-10,21H2,1H3,(H,22,25). The molecule has 0 saturated carbocycles. The van der Waals surface area contributed by atoms with Gasteiger partial charge in [0.05, 0.1) is 22.6 Å². The van der Waals surface area contributed by atoms with Gasteiger partial charge in [0.2, 0.25) is 5.91 Å². The van der Waals surface area contributed by atoms with Crippen LogP contribution >= 0.6 is 11.3 Å². The van der Waals surface area contributed by atoms with E-state index in [1.54, 1.807) is 5.38 Å². The number of hydrogen-bond acceptors (Lipinski definition) is 8. The summed E-state index contributed by atoms with van der Waals surface area (Å²) < 4.78 is 5.16. The number of nitro benzene ring substituents is 1. The molecule has 0 atom stereocenters. The van der Waals surface area contributed by atoms with Crippen LogP contribution in [0.5, 0.6) is 0 Å². The quantitative estimate of drug-likeness (QED) is 0.255. The first kappa shape index (κ1) is 20.9. The molecule has 0 radical (unpaired) electrons. The first-order valence-corrected chi connectivity index (χ1v) is 9.70. The summed E-state index contributed by atoms with van der Waals surface area (Å²) in [5.41, 5.74) is 7.71. The number of ether oxygens (including phenoxy) is 1. The van der Waals surface area contributed by atoms with E-state index in [4.69, 9.17) is 10.5 Å². The molecule has 0 spiro atoms. The molecular formula is C20H18N4O5S. The first-order valence-electron chi connectivity index (χ1n) is 8.82. The maximum Gasteiger partial charge on any atom is 0.340 e. The molecular weight excluding hydrogens is 408 g/mol. The monoisotopic (exact) mass is 426 g/mol. The average Bonchev–Trinajstić information content (AvgIpc) is 3.15. The van der Waals surface area contributed by atoms with Gasteiger partial charge in [-0.05, 0) is 25.1 Å². The van der Waals surface area contributed by atoms with Crippen LogP contribution in [0.3, 0.4) is 0 Å². The Bertz CT molecular complexity index is 1090. The number of hydrogen-bond donors (Lipinski definition) is 2. The third-order valence-electron chi connectivity index (χ3n) is 4.07. The Hall–Kier alpha value is -3.79. The molecule has 0 bridgehead atoms. The molecule has 9 nitrogen and oxygen atoms in total. The number of rotatable bonds is 7. The van der Waals surface area contributed by atoms with Gasteiger partial charge in [0.1, 0.15) is 11.6 Å². The van der Waals surface area contributed by atoms with Crippen molar-refractivity contribution in [1.29, 1.82) is 0 Å². The van der Waals surface area contributed by atoms with Crippen LogP contribution in [0.15, 0.2) is 47.8 Å². The van der Waals surface area contributed by atoms with Crippen molar-refractivity contribution < 1.29 is 19.2 Å². The lowest BCUT2D eigenvalue weighted by atomic mass is 10.1. The molecule has 1 heterocycles. The van der Waals surface area contributed by atoms with Gasteiger partial charge in [-0.1, -0.05) is 17.7 Å². The Morgan fingerprint density at radius 2 is 1.97 bits per heavy atom. The lowest BCUT2D eigenvalue weighted by Crippen LogP contribution is -2.14. The van der Waals surface area contributed by atoms with Crippen LogP contribution in [0.25, 0.3) is 0 Å². The Morgan fingerprint density at radius 3 is 2.67 bits per heavy atom. The van der Waals surface area contributed by atoms with Crippen LogP contribution in [0.2, 0.25) is 0 Å². The highest BCUT2D eigenvalue weighted by atomic mass is 32.1. The zero-order valence-corrected chi connectivity index (χ0v) is 16.8. The molecule has 1 aromatic heterocycles. The summed E-state index contributed by atoms with van der Waals surface area (Å²) in [6, 6.07) is 11.0. The summed E-state index contributed by atoms with van der Waals surface area (Å²) in [4.78, 5) is 38.9. The van der Waals surface area contributed by atoms with Gasteiger partial charge >= 0.3 is 5.97 Å². The van der Waals surface area contributed by atoms with E-state index in [1.807, 2.05) is 31.2 Å². The van der Waals surface area contributed by atoms with Crippen LogP contribution < -0.4 is 11.1 Å². The van der Waals surface area contributed by atoms with Crippen LogP contribution in [0, 0.1) is 17.0 Å². The molecule has 3 aromatic rings. The molecule has 0 saturated heterocycles. The normalized spacial score (nSPS) is 10.4. The minimum atomic E-state index is -0.789. The molecule has 0 unspecified atom stereocenters. The molecule has 3 N–H and O–H groups in total. The highest BCUT2D eigenvalue weighted by molar-refractivity contribution is 7.09. The lowest BCUT2D eigenvalue weighted by Gasteiger charge is -2.06. The second-order valence-electron chi connectivity index (χ2n) is 6.43. The van der Waals surface area contributed by atoms with E-state index in [0.29, 0.717) is 16.4 Å². The number of amides is 1. The van der Waals surface area contributed by atoms with Gasteiger partial charge in [0.15, 0.2) is 0 Å². The Kier molecular flexibility index (Phi) is 6.38. The fourth-order valence-electron chi connectivity index (χ4n) is 2.53. The predicted molar refractivity (Wildman–Crippen MR) is 112 cm³/mol. The molecule has 0 fully saturated rings. The molecule has 10 heteroatoms. The number of anilines is 2. The Morgan fingerprint density at radius 1 is 1.23 bits per heavy atom. The minimum absolute atomic E-state index is 0.0809. The average molecular weight is 426 g/mol. The number of nitrogens with zero attached hydrogens (tertiary/aromatic N) is 2. The van der Waals surface area contributed by atoms with E-state index in [2.05, 4.69) is 10.3 Å². The zero-order valence-electron chi connectivity index (χ0n) is 16.0. The number of aryl methyl sites for hydroxylation is 1. The summed E-state index contributed by atoms with van der Waals surface area (Å²) in [6.07, 6.45) is 0.0876. The SMILES string of the molecule is Cc1ccc(NC(=O)Cc2nc(COC(=O)c3cc([N+](=O)[O-])ccc3N)cs2)cc1. The lowest BCUT2D eigenvalue weighted by molar-refractivity contribution is -0.384. The molecule has 2 aromatic carbocycles. The highest BCUT2D eigenvalue weighted by Gasteiger charge is 2.17. The topological polar surface area (TPSA) is 137 Å². The molecule has 0 aliphatic carbocycles. The number of nitrogens with one attached hydrogen (secondary N) is 1. The molecule has 3 rings (SSSR count). The van der Waals surface area contributed by atoms with E-state index in [-0.39, 0.29) is 35.9 Å². The smallest absolute Gasteiger partial charge is 0.340 e. The second-order valence-corrected chi connectivity index (χ2v) is 7.37. The van der Waals surface area contributed by atoms with Gasteiger partial charge in [0, 0.05) is 28.9 Å². The van der Waals surface area contributed by atoms with Crippen molar-refractivity contribution >= 4 is 40.3 Å². The van der Waals surface area contributed by atoms with Crippen molar-refractivity contribution in [2.75, 3.05) is 11.1 Å². The summed E-state index contributed by atoms with van der Waals surface area (Å²) in [6.45, 7) is 1.82. The summed E-state index contributed by atoms with van der Waals surface area (Å²) in [7, 11) is 0. The Balaban J connectivity index is 1.56. The maximum absolute atomic E-state index is 12.2. The van der Waals surface area contributed by atoms with E-state index < -0.39 is 10.9 Å². The number of aromatic nitrogens is 1. The second kappa shape index (κ2) is 9.14. The van der Waals surface area contributed by atoms with Crippen molar-refractivity contribution in [2.45, 2.75) is 20.0 Å². The van der Waals surface area contributed by atoms with Gasteiger partial charge in [0.25, 0.3) is 5.69 Å². The number of esters is 1. The predicted octanol–water partition coefficient (Wildman–Crippen LogP) is 3.48. The number of nitro groups is 1. The molecule has 0 aliphatic rings. The number of non-ortho nitro benzene ring substituents is 1. The molecule has 154 valence electrons. The number of nitrogen functional groups attached to an aromatic ring is 1. The number of benzene rings is 2. The van der Waals surface area contributed by atoms with Crippen molar-refractivity contribution in [3.63, 3.8) is 0 Å². The molecule has 30 heavy (non-hydrogen) atoms. The van der Waals surface area contributed by atoms with Gasteiger partial charge < -0.3 is 15.8 Å². The van der Waals surface area contributed by atoms with Gasteiger partial charge in [-0.15, -0.1) is 11.3 Å². The number of nitrogens with two attached hydrogens (primary N) is 1. The fourth-order valence-corrected chi connectivity index (χ4v) is 3.30. The highest BCUT2D eigenvalue weighted by Crippen LogP contribution is 2.21. The van der Waals surface area contributed by atoms with Crippen LogP contribution in [0.1, 0.15) is 26.6 Å². The molecule has 1 amide bonds. The van der Waals surface area contributed by atoms with Gasteiger partial charge in [-0.2, -0.15) is 0 Å². The van der Waals surface area contributed by atoms with E-state index in [0.717, 1.165) is 11.6 Å². The third-order valence-corrected chi connectivity index (χ3v) is 4.96. The van der Waals surface area contributed by atoms with Crippen molar-refractivity contribution in [2.24, 2.45) is 0 Å². The third kappa shape index (κ3) is 5.39. The van der Waals surface area contributed by atoms with Crippen LogP contribution in [-0.4, -0.2) is 21.8 Å². The molecule has 0 aliphatic heterocycles. The Labute approximate surface area is 175 Å². The maximum atomic E-state index is 12.2. The van der Waals surface area contributed by atoms with E-state index >= 15 is 0 Å². The largest absolute Gasteiger partial charge is 0.455 e. The number of carbonyl (C=O) groups excluding carboxylic acids is 2. The van der Waals surface area contributed by atoms with Crippen molar-refractivity contribution in [1.82, 2.24) is 4.98 Å². The van der Waals surface area contributed by atoms with Gasteiger partial charge in [-0.3, -0.25) is 14.9 Å². The minimum Gasteiger partial charge on any atom is -0.455 e. The summed E-state index contributed by atoms with van der Waals surface area (Å²) in [5.74, 6) is -0.996. The number of carbonyl (C=O) groups is 2. The first-order chi connectivity index (χ1) is 14.3. The van der Waals surface area contributed by atoms with Crippen LogP contribution in [0.4, 0.5) is 17.1 Å². The van der Waals surface area contributed by atoms with Crippen molar-refractivity contribution in [3.05, 3.63) is 79.8 Å². The van der Waals surface area contributed by atoms with E-state index in [1.165, 1.54) is 23.5 Å². The van der Waals surface area contributed by atoms with E-state index in [9.17, 15) is 19.7 Å².